The Morgan fingerprint density at radius 3 is 2.46 bits per heavy atom. The fourth-order valence-corrected chi connectivity index (χ4v) is 6.42. The predicted octanol–water partition coefficient (Wildman–Crippen LogP) is 5.99. The van der Waals surface area contributed by atoms with Gasteiger partial charge in [-0.3, -0.25) is 0 Å². The zero-order valence-corrected chi connectivity index (χ0v) is 15.6. The summed E-state index contributed by atoms with van der Waals surface area (Å²) in [5.41, 5.74) is 3.14. The van der Waals surface area contributed by atoms with Crippen LogP contribution in [-0.2, 0) is 0 Å². The Labute approximate surface area is 162 Å². The molecule has 5 heteroatoms. The summed E-state index contributed by atoms with van der Waals surface area (Å²) < 4.78 is 0. The molecule has 2 bridgehead atoms. The fraction of sp³-hybridized carbons (Fsp3) is 0.381. The van der Waals surface area contributed by atoms with E-state index in [0.717, 1.165) is 16.8 Å². The lowest BCUT2D eigenvalue weighted by Crippen LogP contribution is -2.36. The highest BCUT2D eigenvalue weighted by atomic mass is 35.5. The number of carboxylic acid groups (broad SMARTS) is 1. The Hall–Kier alpha value is -1.71. The van der Waals surface area contributed by atoms with Crippen LogP contribution in [0.3, 0.4) is 0 Å². The Balaban J connectivity index is 1.72. The third-order valence-electron chi connectivity index (χ3n) is 6.66. The zero-order valence-electron chi connectivity index (χ0n) is 14.1. The minimum absolute atomic E-state index is 0.0514. The fourth-order valence-electron chi connectivity index (χ4n) is 5.79. The molecule has 2 aromatic rings. The van der Waals surface area contributed by atoms with Crippen molar-refractivity contribution in [2.75, 3.05) is 5.32 Å². The van der Waals surface area contributed by atoms with Crippen LogP contribution in [0.2, 0.25) is 10.0 Å². The molecule has 5 rings (SSSR count). The molecule has 1 aliphatic heterocycles. The van der Waals surface area contributed by atoms with Crippen molar-refractivity contribution in [3.63, 3.8) is 0 Å². The number of carbonyl (C=O) groups is 1. The maximum absolute atomic E-state index is 11.8. The predicted molar refractivity (Wildman–Crippen MR) is 103 cm³/mol. The van der Waals surface area contributed by atoms with Crippen molar-refractivity contribution in [3.05, 3.63) is 63.1 Å². The Kier molecular flexibility index (Phi) is 3.74. The second-order valence-corrected chi connectivity index (χ2v) is 8.58. The lowest BCUT2D eigenvalue weighted by Gasteiger charge is -2.44. The first-order valence-corrected chi connectivity index (χ1v) is 9.88. The number of halogens is 2. The number of anilines is 1. The molecule has 5 atom stereocenters. The number of carboxylic acids is 1. The summed E-state index contributed by atoms with van der Waals surface area (Å²) >= 11 is 13.1. The summed E-state index contributed by atoms with van der Waals surface area (Å²) in [6, 6.07) is 11.2. The van der Waals surface area contributed by atoms with E-state index in [1.54, 1.807) is 6.07 Å². The van der Waals surface area contributed by atoms with Crippen LogP contribution in [-0.4, -0.2) is 11.1 Å². The highest BCUT2D eigenvalue weighted by Crippen LogP contribution is 2.64. The van der Waals surface area contributed by atoms with Gasteiger partial charge < -0.3 is 10.4 Å². The van der Waals surface area contributed by atoms with Gasteiger partial charge in [0.05, 0.1) is 17.3 Å². The van der Waals surface area contributed by atoms with Crippen LogP contribution in [0, 0.1) is 17.8 Å². The maximum Gasteiger partial charge on any atom is 0.337 e. The number of fused-ring (bicyclic) bond motifs is 7. The van der Waals surface area contributed by atoms with E-state index in [4.69, 9.17) is 23.2 Å². The lowest BCUT2D eigenvalue weighted by molar-refractivity contribution is 0.0697. The molecule has 0 saturated heterocycles. The van der Waals surface area contributed by atoms with Crippen LogP contribution in [0.25, 0.3) is 0 Å². The highest BCUT2D eigenvalue weighted by molar-refractivity contribution is 6.36. The number of hydrogen-bond acceptors (Lipinski definition) is 2. The summed E-state index contributed by atoms with van der Waals surface area (Å²) in [4.78, 5) is 11.8. The lowest BCUT2D eigenvalue weighted by atomic mass is 9.67. The minimum atomic E-state index is -0.903. The van der Waals surface area contributed by atoms with Gasteiger partial charge in [0.1, 0.15) is 0 Å². The Morgan fingerprint density at radius 1 is 1.04 bits per heavy atom. The van der Waals surface area contributed by atoms with Gasteiger partial charge in [-0.15, -0.1) is 0 Å². The molecule has 0 amide bonds. The standard InChI is InChI=1S/C21H19Cl2NO2/c22-14-5-2-6-15(23)18(14)20-17-11-8-7-10(9-11)16(17)12-3-1-4-13(21(25)26)19(12)24-20/h1-6,10-11,16-17,20,24H,7-9H2,(H,25,26)/t10-,11-,16-,17-,20-/m0/s1. The van der Waals surface area contributed by atoms with E-state index in [2.05, 4.69) is 11.4 Å². The van der Waals surface area contributed by atoms with Gasteiger partial charge in [0, 0.05) is 15.6 Å². The number of benzene rings is 2. The summed E-state index contributed by atoms with van der Waals surface area (Å²) in [6.45, 7) is 0. The summed E-state index contributed by atoms with van der Waals surface area (Å²) in [5, 5.41) is 14.5. The van der Waals surface area contributed by atoms with E-state index in [9.17, 15) is 9.90 Å². The van der Waals surface area contributed by atoms with Gasteiger partial charge in [0.2, 0.25) is 0 Å². The van der Waals surface area contributed by atoms with Crippen molar-refractivity contribution in [3.8, 4) is 0 Å². The molecule has 0 radical (unpaired) electrons. The smallest absolute Gasteiger partial charge is 0.337 e. The van der Waals surface area contributed by atoms with Crippen LogP contribution in [0.1, 0.15) is 52.7 Å². The monoisotopic (exact) mass is 387 g/mol. The van der Waals surface area contributed by atoms with E-state index in [1.165, 1.54) is 19.3 Å². The molecule has 0 unspecified atom stereocenters. The van der Waals surface area contributed by atoms with E-state index in [1.807, 2.05) is 24.3 Å². The normalized spacial score (nSPS) is 31.2. The van der Waals surface area contributed by atoms with Crippen molar-refractivity contribution in [1.82, 2.24) is 0 Å². The molecule has 1 heterocycles. The van der Waals surface area contributed by atoms with Crippen molar-refractivity contribution in [2.45, 2.75) is 31.2 Å². The SMILES string of the molecule is O=C(O)c1cccc2c1N[C@H](c1c(Cl)cccc1Cl)[C@H]1[C@H]3CC[C@@H](C3)[C@@H]21. The van der Waals surface area contributed by atoms with Crippen molar-refractivity contribution >= 4 is 34.9 Å². The molecular formula is C21H19Cl2NO2. The van der Waals surface area contributed by atoms with Gasteiger partial charge in [-0.25, -0.2) is 4.79 Å². The number of rotatable bonds is 2. The topological polar surface area (TPSA) is 49.3 Å². The highest BCUT2D eigenvalue weighted by Gasteiger charge is 2.54. The van der Waals surface area contributed by atoms with Gasteiger partial charge >= 0.3 is 5.97 Å². The molecule has 3 aliphatic rings. The third-order valence-corrected chi connectivity index (χ3v) is 7.32. The van der Waals surface area contributed by atoms with Crippen molar-refractivity contribution in [1.29, 1.82) is 0 Å². The maximum atomic E-state index is 11.8. The quantitative estimate of drug-likeness (QED) is 0.665. The number of para-hydroxylation sites is 1. The van der Waals surface area contributed by atoms with Crippen molar-refractivity contribution in [2.24, 2.45) is 17.8 Å². The third kappa shape index (κ3) is 2.23. The first kappa shape index (κ1) is 16.5. The molecule has 134 valence electrons. The summed E-state index contributed by atoms with van der Waals surface area (Å²) in [5.74, 6) is 1.14. The largest absolute Gasteiger partial charge is 0.478 e. The number of hydrogen-bond donors (Lipinski definition) is 2. The van der Waals surface area contributed by atoms with Gasteiger partial charge in [0.25, 0.3) is 0 Å². The molecular weight excluding hydrogens is 369 g/mol. The van der Waals surface area contributed by atoms with Gasteiger partial charge in [-0.05, 0) is 66.7 Å². The molecule has 3 nitrogen and oxygen atoms in total. The molecule has 2 fully saturated rings. The van der Waals surface area contributed by atoms with Crippen LogP contribution in [0.4, 0.5) is 5.69 Å². The molecule has 0 spiro atoms. The Morgan fingerprint density at radius 2 is 1.73 bits per heavy atom. The molecule has 0 aromatic heterocycles. The van der Waals surface area contributed by atoms with Crippen LogP contribution in [0.5, 0.6) is 0 Å². The summed E-state index contributed by atoms with van der Waals surface area (Å²) in [6.07, 6.45) is 3.68. The van der Waals surface area contributed by atoms with Crippen molar-refractivity contribution < 1.29 is 9.90 Å². The molecule has 2 saturated carbocycles. The molecule has 2 aliphatic carbocycles. The first-order valence-electron chi connectivity index (χ1n) is 9.13. The zero-order chi connectivity index (χ0) is 18.0. The van der Waals surface area contributed by atoms with E-state index in [-0.39, 0.29) is 6.04 Å². The van der Waals surface area contributed by atoms with Crippen LogP contribution in [0.15, 0.2) is 36.4 Å². The van der Waals surface area contributed by atoms with Crippen LogP contribution >= 0.6 is 23.2 Å². The van der Waals surface area contributed by atoms with Gasteiger partial charge in [0.15, 0.2) is 0 Å². The molecule has 26 heavy (non-hydrogen) atoms. The molecule has 2 aromatic carbocycles. The summed E-state index contributed by atoms with van der Waals surface area (Å²) in [7, 11) is 0. The average Bonchev–Trinajstić information content (AvgIpc) is 3.23. The first-order chi connectivity index (χ1) is 12.6. The second-order valence-electron chi connectivity index (χ2n) is 7.77. The number of nitrogens with one attached hydrogen (secondary N) is 1. The van der Waals surface area contributed by atoms with E-state index < -0.39 is 5.97 Å². The van der Waals surface area contributed by atoms with Gasteiger partial charge in [-0.2, -0.15) is 0 Å². The Bertz CT molecular complexity index is 893. The minimum Gasteiger partial charge on any atom is -0.478 e. The second kappa shape index (κ2) is 5.90. The average molecular weight is 388 g/mol. The van der Waals surface area contributed by atoms with Gasteiger partial charge in [-0.1, -0.05) is 41.4 Å². The number of aromatic carboxylic acids is 1. The van der Waals surface area contributed by atoms with Crippen LogP contribution < -0.4 is 5.32 Å². The molecule has 2 N–H and O–H groups in total. The van der Waals surface area contributed by atoms with E-state index >= 15 is 0 Å². The van der Waals surface area contributed by atoms with E-state index in [0.29, 0.717) is 39.3 Å².